The van der Waals surface area contributed by atoms with E-state index in [4.69, 9.17) is 4.74 Å². The lowest BCUT2D eigenvalue weighted by molar-refractivity contribution is -0.167. The molecule has 3 aliphatic rings. The van der Waals surface area contributed by atoms with Gasteiger partial charge in [-0.15, -0.1) is 0 Å². The molecule has 2 heterocycles. The van der Waals surface area contributed by atoms with Crippen molar-refractivity contribution in [3.8, 4) is 0 Å². The van der Waals surface area contributed by atoms with E-state index in [2.05, 4.69) is 28.1 Å². The first-order chi connectivity index (χ1) is 14.5. The summed E-state index contributed by atoms with van der Waals surface area (Å²) in [5, 5.41) is 8.76. The largest absolute Gasteiger partial charge is 0.356 e. The predicted molar refractivity (Wildman–Crippen MR) is 110 cm³/mol. The summed E-state index contributed by atoms with van der Waals surface area (Å²) in [6.07, 6.45) is 3.73. The number of carbonyl (C=O) groups is 3. The van der Waals surface area contributed by atoms with Crippen LogP contribution in [-0.2, 0) is 25.5 Å². The van der Waals surface area contributed by atoms with Crippen LogP contribution in [0.2, 0.25) is 0 Å². The second-order valence-corrected chi connectivity index (χ2v) is 8.35. The van der Waals surface area contributed by atoms with Crippen LogP contribution in [0.4, 0.5) is 0 Å². The summed E-state index contributed by atoms with van der Waals surface area (Å²) in [5.41, 5.74) is 2.44. The van der Waals surface area contributed by atoms with Crippen LogP contribution >= 0.6 is 0 Å². The summed E-state index contributed by atoms with van der Waals surface area (Å²) in [7, 11) is 1.68. The molecule has 1 aromatic carbocycles. The molecule has 5 atom stereocenters. The second kappa shape index (κ2) is 8.73. The Kier molecular flexibility index (Phi) is 6.06. The molecule has 8 nitrogen and oxygen atoms in total. The average molecular weight is 415 g/mol. The fourth-order valence-electron chi connectivity index (χ4n) is 4.66. The Morgan fingerprint density at radius 1 is 1.13 bits per heavy atom. The van der Waals surface area contributed by atoms with Gasteiger partial charge in [0, 0.05) is 0 Å². The summed E-state index contributed by atoms with van der Waals surface area (Å²) >= 11 is 0. The number of aryl methyl sites for hydroxylation is 1. The molecule has 162 valence electrons. The minimum absolute atomic E-state index is 0.0331. The van der Waals surface area contributed by atoms with Crippen molar-refractivity contribution in [2.24, 2.45) is 0 Å². The van der Waals surface area contributed by atoms with E-state index in [1.54, 1.807) is 14.0 Å². The van der Waals surface area contributed by atoms with Gasteiger partial charge in [0.05, 0.1) is 18.7 Å². The molecule has 30 heavy (non-hydrogen) atoms. The third-order valence-corrected chi connectivity index (χ3v) is 6.47. The molecule has 0 radical (unpaired) electrons. The Balaban J connectivity index is 1.44. The maximum atomic E-state index is 13.1. The van der Waals surface area contributed by atoms with Crippen LogP contribution in [0.15, 0.2) is 24.3 Å². The lowest BCUT2D eigenvalue weighted by Gasteiger charge is -2.38. The van der Waals surface area contributed by atoms with E-state index >= 15 is 0 Å². The van der Waals surface area contributed by atoms with Gasteiger partial charge in [0.15, 0.2) is 0 Å². The van der Waals surface area contributed by atoms with Crippen LogP contribution in [0.1, 0.15) is 49.8 Å². The van der Waals surface area contributed by atoms with Gasteiger partial charge in [0.2, 0.25) is 17.7 Å². The van der Waals surface area contributed by atoms with Gasteiger partial charge in [0.1, 0.15) is 18.3 Å². The van der Waals surface area contributed by atoms with Crippen molar-refractivity contribution in [2.45, 2.75) is 69.4 Å². The Hall–Kier alpha value is -2.45. The van der Waals surface area contributed by atoms with E-state index < -0.39 is 24.4 Å². The van der Waals surface area contributed by atoms with Crippen molar-refractivity contribution in [1.82, 2.24) is 20.9 Å². The minimum atomic E-state index is -0.770. The average Bonchev–Trinajstić information content (AvgIpc) is 3.20. The first-order valence-electron chi connectivity index (χ1n) is 10.8. The zero-order valence-corrected chi connectivity index (χ0v) is 17.5. The van der Waals surface area contributed by atoms with Gasteiger partial charge >= 0.3 is 0 Å². The van der Waals surface area contributed by atoms with E-state index in [0.717, 1.165) is 19.3 Å². The van der Waals surface area contributed by atoms with Gasteiger partial charge in [-0.25, -0.2) is 0 Å². The highest BCUT2D eigenvalue weighted by atomic mass is 16.5. The van der Waals surface area contributed by atoms with E-state index in [1.165, 1.54) is 16.0 Å². The van der Waals surface area contributed by atoms with Crippen molar-refractivity contribution in [2.75, 3.05) is 13.7 Å². The second-order valence-electron chi connectivity index (χ2n) is 8.35. The van der Waals surface area contributed by atoms with Gasteiger partial charge < -0.3 is 25.6 Å². The number of rotatable bonds is 5. The first kappa shape index (κ1) is 20.8. The van der Waals surface area contributed by atoms with E-state index in [0.29, 0.717) is 12.8 Å². The molecule has 1 aromatic rings. The maximum absolute atomic E-state index is 13.1. The van der Waals surface area contributed by atoms with Gasteiger partial charge in [0.25, 0.3) is 0 Å². The number of hydrogen-bond donors (Lipinski definition) is 3. The SMILES string of the molecule is CN[C@@H](C)C(=O)N[C@H]1CO[C@H]2CCC(C(=O)NC3CCCc4ccccc43)N2C1=O. The molecule has 2 aliphatic heterocycles. The molecule has 3 amide bonds. The van der Waals surface area contributed by atoms with Crippen molar-refractivity contribution >= 4 is 17.7 Å². The number of likely N-dealkylation sites (N-methyl/N-ethyl adjacent to an activating group) is 1. The highest BCUT2D eigenvalue weighted by Gasteiger charge is 2.47. The van der Waals surface area contributed by atoms with Gasteiger partial charge in [-0.3, -0.25) is 14.4 Å². The van der Waals surface area contributed by atoms with Gasteiger partial charge in [-0.05, 0) is 57.2 Å². The molecule has 0 spiro atoms. The molecule has 0 bridgehead atoms. The van der Waals surface area contributed by atoms with Gasteiger partial charge in [-0.1, -0.05) is 24.3 Å². The summed E-state index contributed by atoms with van der Waals surface area (Å²) in [6.45, 7) is 1.85. The quantitative estimate of drug-likeness (QED) is 0.656. The third-order valence-electron chi connectivity index (χ3n) is 6.47. The molecular formula is C22H30N4O4. The Morgan fingerprint density at radius 3 is 2.73 bits per heavy atom. The highest BCUT2D eigenvalue weighted by Crippen LogP contribution is 2.32. The number of nitrogens with one attached hydrogen (secondary N) is 3. The third kappa shape index (κ3) is 3.94. The number of ether oxygens (including phenoxy) is 1. The topological polar surface area (TPSA) is 99.8 Å². The fraction of sp³-hybridized carbons (Fsp3) is 0.591. The fourth-order valence-corrected chi connectivity index (χ4v) is 4.66. The van der Waals surface area contributed by atoms with E-state index in [9.17, 15) is 14.4 Å². The van der Waals surface area contributed by atoms with Crippen LogP contribution in [0, 0.1) is 0 Å². The van der Waals surface area contributed by atoms with E-state index in [-0.39, 0.29) is 30.4 Å². The number of benzene rings is 1. The maximum Gasteiger partial charge on any atom is 0.250 e. The molecule has 0 saturated carbocycles. The molecule has 8 heteroatoms. The van der Waals surface area contributed by atoms with E-state index in [1.807, 2.05) is 12.1 Å². The Bertz CT molecular complexity index is 829. The van der Waals surface area contributed by atoms with Crippen LogP contribution in [-0.4, -0.2) is 60.6 Å². The van der Waals surface area contributed by atoms with Crippen LogP contribution in [0.25, 0.3) is 0 Å². The lowest BCUT2D eigenvalue weighted by atomic mass is 9.87. The summed E-state index contributed by atoms with van der Waals surface area (Å²) in [6, 6.07) is 6.41. The summed E-state index contributed by atoms with van der Waals surface area (Å²) in [5.74, 6) is -0.659. The van der Waals surface area contributed by atoms with Crippen molar-refractivity contribution in [3.05, 3.63) is 35.4 Å². The smallest absolute Gasteiger partial charge is 0.250 e. The van der Waals surface area contributed by atoms with Crippen LogP contribution in [0.3, 0.4) is 0 Å². The normalized spacial score (nSPS) is 29.0. The molecule has 1 aliphatic carbocycles. The van der Waals surface area contributed by atoms with Gasteiger partial charge in [-0.2, -0.15) is 0 Å². The minimum Gasteiger partial charge on any atom is -0.356 e. The monoisotopic (exact) mass is 414 g/mol. The molecule has 3 N–H and O–H groups in total. The first-order valence-corrected chi connectivity index (χ1v) is 10.8. The highest BCUT2D eigenvalue weighted by molar-refractivity contribution is 5.94. The van der Waals surface area contributed by atoms with Crippen molar-refractivity contribution in [1.29, 1.82) is 0 Å². The number of hydrogen-bond acceptors (Lipinski definition) is 5. The molecular weight excluding hydrogens is 384 g/mol. The number of fused-ring (bicyclic) bond motifs is 2. The zero-order chi connectivity index (χ0) is 21.3. The van der Waals surface area contributed by atoms with Crippen LogP contribution in [0.5, 0.6) is 0 Å². The number of carbonyl (C=O) groups excluding carboxylic acids is 3. The number of amides is 3. The predicted octanol–water partition coefficient (Wildman–Crippen LogP) is 0.620. The molecule has 4 rings (SSSR count). The van der Waals surface area contributed by atoms with Crippen LogP contribution < -0.4 is 16.0 Å². The standard InChI is InChI=1S/C22H30N4O4/c1-13(23-2)20(27)25-17-12-30-19-11-10-18(26(19)22(17)29)21(28)24-16-9-5-7-14-6-3-4-8-15(14)16/h3-4,6,8,13,16-19,23H,5,7,9-12H2,1-2H3,(H,24,28)(H,25,27)/t13-,16?,17-,18?,19-/m0/s1. The Morgan fingerprint density at radius 2 is 1.93 bits per heavy atom. The van der Waals surface area contributed by atoms with Crippen molar-refractivity contribution < 1.29 is 19.1 Å². The zero-order valence-electron chi connectivity index (χ0n) is 17.5. The molecule has 2 unspecified atom stereocenters. The van der Waals surface area contributed by atoms with Crippen molar-refractivity contribution in [3.63, 3.8) is 0 Å². The summed E-state index contributed by atoms with van der Waals surface area (Å²) in [4.78, 5) is 40.0. The molecule has 2 saturated heterocycles. The Labute approximate surface area is 176 Å². The lowest BCUT2D eigenvalue weighted by Crippen LogP contribution is -2.62. The number of nitrogens with zero attached hydrogens (tertiary/aromatic N) is 1. The summed E-state index contributed by atoms with van der Waals surface area (Å²) < 4.78 is 5.82. The molecule has 0 aromatic heterocycles. The molecule has 2 fully saturated rings.